The maximum atomic E-state index is 12.7. The third kappa shape index (κ3) is 3.15. The number of benzene rings is 1. The Hall–Kier alpha value is -2.51. The summed E-state index contributed by atoms with van der Waals surface area (Å²) in [6.07, 6.45) is 7.21. The van der Waals surface area contributed by atoms with E-state index in [1.165, 1.54) is 6.07 Å². The second-order valence-electron chi connectivity index (χ2n) is 6.53. The molecular weight excluding hydrogens is 350 g/mol. The molecule has 4 rings (SSSR count). The molecular formula is C19H19N3O3S. The molecule has 0 atom stereocenters. The average Bonchev–Trinajstić information content (AvgIpc) is 3.26. The minimum Gasteiger partial charge on any atom is -0.321 e. The van der Waals surface area contributed by atoms with E-state index >= 15 is 0 Å². The number of aromatic nitrogens is 1. The number of anilines is 1. The zero-order valence-corrected chi connectivity index (χ0v) is 15.0. The van der Waals surface area contributed by atoms with Crippen molar-refractivity contribution in [3.05, 3.63) is 59.4 Å². The van der Waals surface area contributed by atoms with E-state index in [1.807, 2.05) is 6.07 Å². The van der Waals surface area contributed by atoms with Gasteiger partial charge < -0.3 is 5.32 Å². The lowest BCUT2D eigenvalue weighted by Crippen LogP contribution is -2.23. The standard InChI is InChI=1S/C19H19N3O3S/c23-19-18(14-5-1-2-6-14)16-10-15(7-8-17(16)22-19)26(24,25)21-12-13-4-3-9-20-11-13/h3-4,7-11,21H,1-2,5-6,12H2,(H,22,23). The number of pyridine rings is 1. The van der Waals surface area contributed by atoms with Gasteiger partial charge in [0.2, 0.25) is 10.0 Å². The first-order chi connectivity index (χ1) is 12.5. The number of allylic oxidation sites excluding steroid dienone is 1. The number of amides is 1. The molecule has 0 spiro atoms. The lowest BCUT2D eigenvalue weighted by Gasteiger charge is -2.09. The summed E-state index contributed by atoms with van der Waals surface area (Å²) in [5.74, 6) is -0.130. The highest BCUT2D eigenvalue weighted by Gasteiger charge is 2.30. The normalized spacial score (nSPS) is 16.7. The highest BCUT2D eigenvalue weighted by Crippen LogP contribution is 2.40. The average molecular weight is 369 g/mol. The number of nitrogens with zero attached hydrogens (tertiary/aromatic N) is 1. The van der Waals surface area contributed by atoms with Crippen molar-refractivity contribution in [3.63, 3.8) is 0 Å². The van der Waals surface area contributed by atoms with Crippen LogP contribution in [0.15, 0.2) is 53.2 Å². The first-order valence-corrected chi connectivity index (χ1v) is 10.1. The van der Waals surface area contributed by atoms with Gasteiger partial charge in [0, 0.05) is 35.8 Å². The zero-order valence-electron chi connectivity index (χ0n) is 14.2. The quantitative estimate of drug-likeness (QED) is 0.811. The van der Waals surface area contributed by atoms with Crippen molar-refractivity contribution in [2.24, 2.45) is 0 Å². The van der Waals surface area contributed by atoms with Crippen LogP contribution in [0.2, 0.25) is 0 Å². The van der Waals surface area contributed by atoms with Crippen molar-refractivity contribution >= 4 is 27.2 Å². The second kappa shape index (κ2) is 6.66. The predicted molar refractivity (Wildman–Crippen MR) is 98.7 cm³/mol. The summed E-state index contributed by atoms with van der Waals surface area (Å²) in [5.41, 5.74) is 3.93. The van der Waals surface area contributed by atoms with Gasteiger partial charge in [-0.2, -0.15) is 0 Å². The first kappa shape index (κ1) is 16.9. The number of sulfonamides is 1. The topological polar surface area (TPSA) is 88.2 Å². The van der Waals surface area contributed by atoms with Crippen LogP contribution in [0.1, 0.15) is 36.8 Å². The number of hydrogen-bond acceptors (Lipinski definition) is 4. The fourth-order valence-corrected chi connectivity index (χ4v) is 4.52. The molecule has 1 saturated carbocycles. The lowest BCUT2D eigenvalue weighted by atomic mass is 10.00. The van der Waals surface area contributed by atoms with Gasteiger partial charge in [-0.3, -0.25) is 9.78 Å². The number of carbonyl (C=O) groups excluding carboxylic acids is 1. The minimum atomic E-state index is -3.68. The molecule has 1 amide bonds. The van der Waals surface area contributed by atoms with E-state index < -0.39 is 10.0 Å². The maximum Gasteiger partial charge on any atom is 0.256 e. The molecule has 1 fully saturated rings. The van der Waals surface area contributed by atoms with Crippen LogP contribution in [0.3, 0.4) is 0 Å². The SMILES string of the molecule is O=C1Nc2ccc(S(=O)(=O)NCc3cccnc3)cc2C1=C1CCCC1. The van der Waals surface area contributed by atoms with Crippen molar-refractivity contribution in [1.82, 2.24) is 9.71 Å². The molecule has 1 aromatic heterocycles. The molecule has 2 N–H and O–H groups in total. The first-order valence-electron chi connectivity index (χ1n) is 8.61. The molecule has 0 radical (unpaired) electrons. The van der Waals surface area contributed by atoms with Gasteiger partial charge in [0.15, 0.2) is 0 Å². The van der Waals surface area contributed by atoms with Crippen molar-refractivity contribution < 1.29 is 13.2 Å². The Labute approximate surface area is 152 Å². The van der Waals surface area contributed by atoms with E-state index in [9.17, 15) is 13.2 Å². The predicted octanol–water partition coefficient (Wildman–Crippen LogP) is 2.84. The van der Waals surface area contributed by atoms with Gasteiger partial charge in [0.05, 0.1) is 4.90 Å². The van der Waals surface area contributed by atoms with E-state index in [-0.39, 0.29) is 17.3 Å². The fourth-order valence-electron chi connectivity index (χ4n) is 3.48. The number of fused-ring (bicyclic) bond motifs is 1. The fraction of sp³-hybridized carbons (Fsp3) is 0.263. The number of hydrogen-bond donors (Lipinski definition) is 2. The van der Waals surface area contributed by atoms with Crippen molar-refractivity contribution in [3.8, 4) is 0 Å². The molecule has 134 valence electrons. The van der Waals surface area contributed by atoms with Crippen molar-refractivity contribution in [2.45, 2.75) is 37.1 Å². The van der Waals surface area contributed by atoms with Gasteiger partial charge in [-0.05, 0) is 55.5 Å². The highest BCUT2D eigenvalue weighted by molar-refractivity contribution is 7.89. The van der Waals surface area contributed by atoms with Gasteiger partial charge in [0.25, 0.3) is 5.91 Å². The summed E-state index contributed by atoms with van der Waals surface area (Å²) in [7, 11) is -3.68. The summed E-state index contributed by atoms with van der Waals surface area (Å²) in [5, 5.41) is 2.84. The van der Waals surface area contributed by atoms with Crippen LogP contribution in [-0.2, 0) is 21.4 Å². The van der Waals surface area contributed by atoms with Crippen LogP contribution < -0.4 is 10.0 Å². The second-order valence-corrected chi connectivity index (χ2v) is 8.30. The van der Waals surface area contributed by atoms with Crippen LogP contribution >= 0.6 is 0 Å². The van der Waals surface area contributed by atoms with Gasteiger partial charge in [0.1, 0.15) is 0 Å². The maximum absolute atomic E-state index is 12.7. The van der Waals surface area contributed by atoms with Crippen LogP contribution in [0, 0.1) is 0 Å². The Balaban J connectivity index is 1.65. The summed E-state index contributed by atoms with van der Waals surface area (Å²) in [6.45, 7) is 0.165. The summed E-state index contributed by atoms with van der Waals surface area (Å²) < 4.78 is 27.9. The van der Waals surface area contributed by atoms with E-state index in [1.54, 1.807) is 30.6 Å². The molecule has 7 heteroatoms. The van der Waals surface area contributed by atoms with E-state index in [0.29, 0.717) is 16.8 Å². The molecule has 2 aromatic rings. The Kier molecular flexibility index (Phi) is 4.34. The van der Waals surface area contributed by atoms with Gasteiger partial charge in [-0.1, -0.05) is 11.6 Å². The Morgan fingerprint density at radius 3 is 2.69 bits per heavy atom. The number of carbonyl (C=O) groups is 1. The molecule has 6 nitrogen and oxygen atoms in total. The Bertz CT molecular complexity index is 990. The molecule has 0 saturated heterocycles. The number of nitrogens with one attached hydrogen (secondary N) is 2. The Morgan fingerprint density at radius 2 is 1.96 bits per heavy atom. The van der Waals surface area contributed by atoms with Gasteiger partial charge >= 0.3 is 0 Å². The minimum absolute atomic E-state index is 0.130. The molecule has 0 bridgehead atoms. The van der Waals surface area contributed by atoms with Crippen molar-refractivity contribution in [2.75, 3.05) is 5.32 Å². The summed E-state index contributed by atoms with van der Waals surface area (Å²) >= 11 is 0. The van der Waals surface area contributed by atoms with E-state index in [2.05, 4.69) is 15.0 Å². The molecule has 26 heavy (non-hydrogen) atoms. The lowest BCUT2D eigenvalue weighted by molar-refractivity contribution is -0.110. The highest BCUT2D eigenvalue weighted by atomic mass is 32.2. The third-order valence-electron chi connectivity index (χ3n) is 4.80. The van der Waals surface area contributed by atoms with Crippen LogP contribution in [0.25, 0.3) is 5.57 Å². The summed E-state index contributed by atoms with van der Waals surface area (Å²) in [4.78, 5) is 16.5. The zero-order chi connectivity index (χ0) is 18.1. The van der Waals surface area contributed by atoms with Gasteiger partial charge in [-0.25, -0.2) is 13.1 Å². The van der Waals surface area contributed by atoms with Crippen LogP contribution in [0.5, 0.6) is 0 Å². The number of rotatable bonds is 4. The van der Waals surface area contributed by atoms with Gasteiger partial charge in [-0.15, -0.1) is 0 Å². The monoisotopic (exact) mass is 369 g/mol. The molecule has 1 aliphatic carbocycles. The van der Waals surface area contributed by atoms with E-state index in [0.717, 1.165) is 36.8 Å². The molecule has 1 aliphatic heterocycles. The van der Waals surface area contributed by atoms with E-state index in [4.69, 9.17) is 0 Å². The van der Waals surface area contributed by atoms with Crippen LogP contribution in [0.4, 0.5) is 5.69 Å². The largest absolute Gasteiger partial charge is 0.321 e. The molecule has 0 unspecified atom stereocenters. The van der Waals surface area contributed by atoms with Crippen LogP contribution in [-0.4, -0.2) is 19.3 Å². The summed E-state index contributed by atoms with van der Waals surface area (Å²) in [6, 6.07) is 8.35. The van der Waals surface area contributed by atoms with Crippen molar-refractivity contribution in [1.29, 1.82) is 0 Å². The third-order valence-corrected chi connectivity index (χ3v) is 6.19. The smallest absolute Gasteiger partial charge is 0.256 e. The molecule has 2 heterocycles. The molecule has 1 aromatic carbocycles. The molecule has 2 aliphatic rings. The Morgan fingerprint density at radius 1 is 1.15 bits per heavy atom.